The lowest BCUT2D eigenvalue weighted by Crippen LogP contribution is -2.11. The van der Waals surface area contributed by atoms with Crippen molar-refractivity contribution >= 4 is 36.9 Å². The molecule has 2 aromatic heterocycles. The summed E-state index contributed by atoms with van der Waals surface area (Å²) < 4.78 is 16.2. The Morgan fingerprint density at radius 3 is 1.58 bits per heavy atom. The molecule has 0 saturated carbocycles. The van der Waals surface area contributed by atoms with E-state index in [1.807, 2.05) is 48.5 Å². The molecule has 2 N–H and O–H groups in total. The van der Waals surface area contributed by atoms with E-state index in [1.54, 1.807) is 21.8 Å². The van der Waals surface area contributed by atoms with Crippen LogP contribution in [0.3, 0.4) is 0 Å². The summed E-state index contributed by atoms with van der Waals surface area (Å²) in [5.74, 6) is 2.91. The summed E-state index contributed by atoms with van der Waals surface area (Å²) >= 11 is 10.8. The first-order valence-corrected chi connectivity index (χ1v) is 12.4. The van der Waals surface area contributed by atoms with Crippen LogP contribution in [0.4, 0.5) is 0 Å². The van der Waals surface area contributed by atoms with Crippen molar-refractivity contribution < 1.29 is 9.47 Å². The van der Waals surface area contributed by atoms with Crippen LogP contribution in [-0.4, -0.2) is 55.4 Å². The number of H-pyrrole nitrogens is 2. The van der Waals surface area contributed by atoms with Gasteiger partial charge in [0.15, 0.2) is 11.6 Å². The predicted octanol–water partition coefficient (Wildman–Crippen LogP) is 4.30. The highest BCUT2D eigenvalue weighted by Gasteiger charge is 2.10. The number of rotatable bonds is 0. The number of aromatic nitrogens is 6. The molecule has 1 aliphatic heterocycles. The zero-order valence-corrected chi connectivity index (χ0v) is 21.0. The smallest absolute Gasteiger partial charge is 0.216 e. The molecule has 0 amide bonds. The molecule has 36 heavy (non-hydrogen) atoms. The van der Waals surface area contributed by atoms with E-state index in [2.05, 4.69) is 30.6 Å². The summed E-state index contributed by atoms with van der Waals surface area (Å²) in [4.78, 5) is 0. The summed E-state index contributed by atoms with van der Waals surface area (Å²) in [6.07, 6.45) is 6.56. The number of hydrogen-bond acceptors (Lipinski definition) is 8. The Morgan fingerprint density at radius 2 is 1.11 bits per heavy atom. The second-order valence-electron chi connectivity index (χ2n) is 7.98. The van der Waals surface area contributed by atoms with Crippen molar-refractivity contribution in [2.24, 2.45) is 10.2 Å². The number of fused-ring (bicyclic) bond motifs is 4. The molecular formula is C24H24N8O2S2. The Labute approximate surface area is 217 Å². The lowest BCUT2D eigenvalue weighted by Gasteiger charge is -2.12. The summed E-state index contributed by atoms with van der Waals surface area (Å²) in [7, 11) is 0. The molecule has 0 spiro atoms. The van der Waals surface area contributed by atoms with Crippen molar-refractivity contribution in [2.75, 3.05) is 13.2 Å². The number of ether oxygens (including phenoxy) is 2. The van der Waals surface area contributed by atoms with Gasteiger partial charge in [-0.1, -0.05) is 24.3 Å². The van der Waals surface area contributed by atoms with Crippen LogP contribution in [0.15, 0.2) is 58.7 Å². The van der Waals surface area contributed by atoms with Crippen LogP contribution in [-0.2, 0) is 12.8 Å². The van der Waals surface area contributed by atoms with Crippen LogP contribution in [0.2, 0.25) is 0 Å². The highest BCUT2D eigenvalue weighted by molar-refractivity contribution is 7.71. The van der Waals surface area contributed by atoms with Crippen LogP contribution < -0.4 is 9.47 Å². The Morgan fingerprint density at radius 1 is 0.667 bits per heavy atom. The Balaban J connectivity index is 1.45. The lowest BCUT2D eigenvalue weighted by molar-refractivity contribution is 0.217. The second-order valence-corrected chi connectivity index (χ2v) is 8.76. The maximum Gasteiger partial charge on any atom is 0.216 e. The molecular weight excluding hydrogens is 496 g/mol. The van der Waals surface area contributed by atoms with Gasteiger partial charge in [0.05, 0.1) is 12.4 Å². The molecule has 184 valence electrons. The van der Waals surface area contributed by atoms with E-state index < -0.39 is 0 Å². The quantitative estimate of drug-likeness (QED) is 0.335. The molecule has 0 saturated heterocycles. The van der Waals surface area contributed by atoms with Crippen molar-refractivity contribution in [3.05, 3.63) is 80.8 Å². The highest BCUT2D eigenvalue weighted by atomic mass is 32.1. The van der Waals surface area contributed by atoms with E-state index in [0.717, 1.165) is 35.6 Å². The fourth-order valence-electron chi connectivity index (χ4n) is 3.76. The van der Waals surface area contributed by atoms with Gasteiger partial charge >= 0.3 is 0 Å². The van der Waals surface area contributed by atoms with Gasteiger partial charge in [0.25, 0.3) is 0 Å². The van der Waals surface area contributed by atoms with Gasteiger partial charge in [0.1, 0.15) is 24.7 Å². The number of nitrogens with zero attached hydrogens (tertiary/aromatic N) is 6. The Kier molecular flexibility index (Phi) is 7.43. The minimum atomic E-state index is 0.351. The van der Waals surface area contributed by atoms with Crippen LogP contribution in [0.1, 0.15) is 35.6 Å². The van der Waals surface area contributed by atoms with Crippen molar-refractivity contribution in [1.82, 2.24) is 29.7 Å². The van der Waals surface area contributed by atoms with E-state index >= 15 is 0 Å². The third-order valence-corrected chi connectivity index (χ3v) is 6.08. The van der Waals surface area contributed by atoms with Gasteiger partial charge in [-0.05, 0) is 61.5 Å². The molecule has 0 aliphatic carbocycles. The van der Waals surface area contributed by atoms with Crippen molar-refractivity contribution in [2.45, 2.75) is 25.7 Å². The molecule has 0 atom stereocenters. The molecule has 0 unspecified atom stereocenters. The Bertz CT molecular complexity index is 1400. The summed E-state index contributed by atoms with van der Waals surface area (Å²) in [5, 5.41) is 23.5. The lowest BCUT2D eigenvalue weighted by atomic mass is 10.2. The topological polar surface area (TPSA) is 110 Å². The molecule has 3 heterocycles. The van der Waals surface area contributed by atoms with Crippen molar-refractivity contribution in [1.29, 1.82) is 0 Å². The van der Waals surface area contributed by atoms with E-state index in [4.69, 9.17) is 33.9 Å². The predicted molar refractivity (Wildman–Crippen MR) is 141 cm³/mol. The molecule has 0 radical (unpaired) electrons. The van der Waals surface area contributed by atoms with E-state index in [1.165, 1.54) is 0 Å². The first-order valence-electron chi connectivity index (χ1n) is 11.5. The number of nitrogens with one attached hydrogen (secondary N) is 2. The van der Waals surface area contributed by atoms with Crippen LogP contribution in [0.25, 0.3) is 0 Å². The fraction of sp³-hybridized carbons (Fsp3) is 0.250. The second kappa shape index (κ2) is 11.2. The largest absolute Gasteiger partial charge is 0.489 e. The van der Waals surface area contributed by atoms with Crippen LogP contribution in [0, 0.1) is 9.54 Å². The normalized spacial score (nSPS) is 16.2. The minimum Gasteiger partial charge on any atom is -0.489 e. The fourth-order valence-corrected chi connectivity index (χ4v) is 4.15. The molecule has 2 aromatic carbocycles. The van der Waals surface area contributed by atoms with Gasteiger partial charge in [-0.2, -0.15) is 29.8 Å². The Hall–Kier alpha value is -3.90. The zero-order chi connectivity index (χ0) is 24.7. The third kappa shape index (κ3) is 5.50. The average molecular weight is 521 g/mol. The maximum atomic E-state index is 6.00. The number of aryl methyl sites for hydroxylation is 2. The molecule has 10 nitrogen and oxygen atoms in total. The van der Waals surface area contributed by atoms with E-state index in [0.29, 0.717) is 47.1 Å². The standard InChI is InChI=1S/C24H24N8O2S2/c35-23-29-27-21-11-5-6-12-22-28-30-24(36)32(22)26-16-18-8-2-4-10-20(18)34-14-13-33-19-9-3-1-7-17(19)15-25-31(21)23/h1-4,7-10,15-16H,5-6,11-14H2,(H,29,35)(H,30,36)/b25-15-,26-16-. The third-order valence-electron chi connectivity index (χ3n) is 5.55. The van der Waals surface area contributed by atoms with Gasteiger partial charge in [0, 0.05) is 24.0 Å². The van der Waals surface area contributed by atoms with E-state index in [9.17, 15) is 0 Å². The number of aromatic amines is 2. The van der Waals surface area contributed by atoms with Crippen molar-refractivity contribution in [3.8, 4) is 11.5 Å². The van der Waals surface area contributed by atoms with Crippen LogP contribution >= 0.6 is 24.4 Å². The molecule has 5 rings (SSSR count). The van der Waals surface area contributed by atoms with Gasteiger partial charge in [0.2, 0.25) is 9.54 Å². The average Bonchev–Trinajstić information content (AvgIpc) is 3.43. The van der Waals surface area contributed by atoms with Crippen LogP contribution in [0.5, 0.6) is 11.5 Å². The zero-order valence-electron chi connectivity index (χ0n) is 19.3. The molecule has 0 bridgehead atoms. The number of para-hydroxylation sites is 2. The SMILES string of the molecule is S=c1[nH]nc2n1/N=C\c1ccccc1OCCOc1ccccc1/C=N\n1c(n[nH]c1=S)CCCC2. The summed E-state index contributed by atoms with van der Waals surface area (Å²) in [6, 6.07) is 15.4. The number of hydrogen-bond donors (Lipinski definition) is 2. The molecule has 12 heteroatoms. The summed E-state index contributed by atoms with van der Waals surface area (Å²) in [6.45, 7) is 0.702. The van der Waals surface area contributed by atoms with Gasteiger partial charge in [-0.3, -0.25) is 10.2 Å². The molecule has 0 fully saturated rings. The van der Waals surface area contributed by atoms with Crippen molar-refractivity contribution in [3.63, 3.8) is 0 Å². The van der Waals surface area contributed by atoms with Gasteiger partial charge < -0.3 is 9.47 Å². The molecule has 1 aliphatic rings. The van der Waals surface area contributed by atoms with E-state index in [-0.39, 0.29) is 0 Å². The summed E-state index contributed by atoms with van der Waals surface area (Å²) in [5.41, 5.74) is 1.66. The minimum absolute atomic E-state index is 0.351. The maximum absolute atomic E-state index is 6.00. The van der Waals surface area contributed by atoms with Gasteiger partial charge in [-0.25, -0.2) is 0 Å². The highest BCUT2D eigenvalue weighted by Crippen LogP contribution is 2.19. The van der Waals surface area contributed by atoms with Gasteiger partial charge in [-0.15, -0.1) is 0 Å². The monoisotopic (exact) mass is 520 g/mol. The first kappa shape index (κ1) is 23.8. The number of benzene rings is 2. The molecule has 4 aromatic rings. The first-order chi connectivity index (χ1) is 17.7.